The molecule has 0 spiro atoms. The molecule has 0 unspecified atom stereocenters. The normalized spacial score (nSPS) is 11.8. The first-order valence-corrected chi connectivity index (χ1v) is 6.73. The van der Waals surface area contributed by atoms with E-state index in [9.17, 15) is 5.11 Å². The van der Waals surface area contributed by atoms with E-state index in [1.807, 2.05) is 38.1 Å². The molecule has 0 atom stereocenters. The first-order valence-electron chi connectivity index (χ1n) is 6.73. The Hall–Kier alpha value is -1.65. The van der Waals surface area contributed by atoms with Crippen molar-refractivity contribution in [1.29, 1.82) is 0 Å². The standard InChI is InChI=1S/C16H21NO3/c1-16(2,19-3)8-9-20-15-10-12(11-18)17-14-7-5-4-6-13(14)15/h4-7,10,18H,8-9,11H2,1-3H3. The minimum absolute atomic E-state index is 0.0925. The Morgan fingerprint density at radius 2 is 2.00 bits per heavy atom. The number of aromatic nitrogens is 1. The van der Waals surface area contributed by atoms with Gasteiger partial charge in [0.1, 0.15) is 5.75 Å². The van der Waals surface area contributed by atoms with Crippen LogP contribution in [-0.4, -0.2) is 29.4 Å². The lowest BCUT2D eigenvalue weighted by Crippen LogP contribution is -2.25. The fourth-order valence-electron chi connectivity index (χ4n) is 1.90. The summed E-state index contributed by atoms with van der Waals surface area (Å²) in [5.74, 6) is 0.756. The molecular formula is C16H21NO3. The van der Waals surface area contributed by atoms with Gasteiger partial charge in [-0.15, -0.1) is 0 Å². The third-order valence-corrected chi connectivity index (χ3v) is 3.41. The van der Waals surface area contributed by atoms with Crippen molar-refractivity contribution in [3.8, 4) is 5.75 Å². The number of para-hydroxylation sites is 1. The Morgan fingerprint density at radius 3 is 2.70 bits per heavy atom. The van der Waals surface area contributed by atoms with Crippen LogP contribution in [0.5, 0.6) is 5.75 Å². The van der Waals surface area contributed by atoms with Crippen LogP contribution in [-0.2, 0) is 11.3 Å². The van der Waals surface area contributed by atoms with Crippen molar-refractivity contribution < 1.29 is 14.6 Å². The van der Waals surface area contributed by atoms with Crippen molar-refractivity contribution in [3.63, 3.8) is 0 Å². The monoisotopic (exact) mass is 275 g/mol. The number of hydrogen-bond acceptors (Lipinski definition) is 4. The topological polar surface area (TPSA) is 51.6 Å². The van der Waals surface area contributed by atoms with Crippen molar-refractivity contribution in [2.45, 2.75) is 32.5 Å². The van der Waals surface area contributed by atoms with Crippen molar-refractivity contribution in [2.24, 2.45) is 0 Å². The highest BCUT2D eigenvalue weighted by Gasteiger charge is 2.16. The van der Waals surface area contributed by atoms with Crippen molar-refractivity contribution in [2.75, 3.05) is 13.7 Å². The van der Waals surface area contributed by atoms with Crippen LogP contribution in [0.25, 0.3) is 10.9 Å². The molecule has 0 saturated heterocycles. The molecule has 108 valence electrons. The Kier molecular flexibility index (Phi) is 4.57. The molecular weight excluding hydrogens is 254 g/mol. The molecule has 1 aromatic carbocycles. The van der Waals surface area contributed by atoms with E-state index in [1.54, 1.807) is 13.2 Å². The van der Waals surface area contributed by atoms with E-state index in [0.717, 1.165) is 23.1 Å². The van der Waals surface area contributed by atoms with Crippen LogP contribution in [0.3, 0.4) is 0 Å². The highest BCUT2D eigenvalue weighted by Crippen LogP contribution is 2.26. The van der Waals surface area contributed by atoms with Crippen LogP contribution in [0.4, 0.5) is 0 Å². The fourth-order valence-corrected chi connectivity index (χ4v) is 1.90. The molecule has 0 amide bonds. The molecule has 20 heavy (non-hydrogen) atoms. The van der Waals surface area contributed by atoms with Gasteiger partial charge in [-0.05, 0) is 26.0 Å². The van der Waals surface area contributed by atoms with Crippen LogP contribution in [0.2, 0.25) is 0 Å². The molecule has 1 heterocycles. The summed E-state index contributed by atoms with van der Waals surface area (Å²) in [6.45, 7) is 4.52. The molecule has 0 radical (unpaired) electrons. The van der Waals surface area contributed by atoms with Gasteiger partial charge in [0.15, 0.2) is 0 Å². The zero-order valence-corrected chi connectivity index (χ0v) is 12.2. The molecule has 1 N–H and O–H groups in total. The van der Waals surface area contributed by atoms with E-state index in [-0.39, 0.29) is 12.2 Å². The molecule has 4 nitrogen and oxygen atoms in total. The lowest BCUT2D eigenvalue weighted by molar-refractivity contribution is 0.00556. The van der Waals surface area contributed by atoms with Gasteiger partial charge >= 0.3 is 0 Å². The zero-order valence-electron chi connectivity index (χ0n) is 12.2. The number of pyridine rings is 1. The second kappa shape index (κ2) is 6.20. The molecule has 2 rings (SSSR count). The lowest BCUT2D eigenvalue weighted by Gasteiger charge is -2.22. The van der Waals surface area contributed by atoms with E-state index in [0.29, 0.717) is 12.3 Å². The summed E-state index contributed by atoms with van der Waals surface area (Å²) in [4.78, 5) is 4.37. The summed E-state index contributed by atoms with van der Waals surface area (Å²) >= 11 is 0. The number of methoxy groups -OCH3 is 1. The van der Waals surface area contributed by atoms with Gasteiger partial charge in [0.25, 0.3) is 0 Å². The van der Waals surface area contributed by atoms with Gasteiger partial charge in [-0.1, -0.05) is 12.1 Å². The molecule has 1 aromatic heterocycles. The number of hydrogen-bond donors (Lipinski definition) is 1. The van der Waals surface area contributed by atoms with Crippen molar-refractivity contribution in [1.82, 2.24) is 4.98 Å². The largest absolute Gasteiger partial charge is 0.493 e. The molecule has 0 bridgehead atoms. The number of ether oxygens (including phenoxy) is 2. The molecule has 0 aliphatic carbocycles. The minimum atomic E-state index is -0.206. The number of aliphatic hydroxyl groups is 1. The smallest absolute Gasteiger partial charge is 0.130 e. The second-order valence-corrected chi connectivity index (χ2v) is 5.35. The van der Waals surface area contributed by atoms with E-state index in [4.69, 9.17) is 9.47 Å². The van der Waals surface area contributed by atoms with Gasteiger partial charge in [0.05, 0.1) is 30.0 Å². The zero-order chi connectivity index (χ0) is 14.6. The maximum Gasteiger partial charge on any atom is 0.130 e. The highest BCUT2D eigenvalue weighted by atomic mass is 16.5. The molecule has 0 aliphatic heterocycles. The Labute approximate surface area is 119 Å². The van der Waals surface area contributed by atoms with Gasteiger partial charge < -0.3 is 14.6 Å². The summed E-state index contributed by atoms with van der Waals surface area (Å²) in [7, 11) is 1.70. The number of aliphatic hydroxyl groups excluding tert-OH is 1. The van der Waals surface area contributed by atoms with Crippen LogP contribution in [0.15, 0.2) is 30.3 Å². The molecule has 4 heteroatoms. The summed E-state index contributed by atoms with van der Waals surface area (Å²) in [5.41, 5.74) is 1.24. The third kappa shape index (κ3) is 3.46. The molecule has 0 fully saturated rings. The van der Waals surface area contributed by atoms with Crippen molar-refractivity contribution in [3.05, 3.63) is 36.0 Å². The first-order chi connectivity index (χ1) is 9.55. The SMILES string of the molecule is COC(C)(C)CCOc1cc(CO)nc2ccccc12. The number of rotatable bonds is 6. The molecule has 0 saturated carbocycles. The quantitative estimate of drug-likeness (QED) is 0.880. The average molecular weight is 275 g/mol. The first kappa shape index (κ1) is 14.8. The van der Waals surface area contributed by atoms with E-state index < -0.39 is 0 Å². The van der Waals surface area contributed by atoms with Crippen molar-refractivity contribution >= 4 is 10.9 Å². The van der Waals surface area contributed by atoms with E-state index in [2.05, 4.69) is 4.98 Å². The Balaban J connectivity index is 2.20. The summed E-state index contributed by atoms with van der Waals surface area (Å²) in [5, 5.41) is 10.2. The van der Waals surface area contributed by atoms with Crippen LogP contribution >= 0.6 is 0 Å². The van der Waals surface area contributed by atoms with Gasteiger partial charge in [-0.25, -0.2) is 0 Å². The maximum atomic E-state index is 9.28. The van der Waals surface area contributed by atoms with Crippen LogP contribution in [0.1, 0.15) is 26.0 Å². The lowest BCUT2D eigenvalue weighted by atomic mass is 10.1. The van der Waals surface area contributed by atoms with E-state index >= 15 is 0 Å². The fraction of sp³-hybridized carbons (Fsp3) is 0.438. The number of benzene rings is 1. The third-order valence-electron chi connectivity index (χ3n) is 3.41. The number of nitrogens with zero attached hydrogens (tertiary/aromatic N) is 1. The summed E-state index contributed by atoms with van der Waals surface area (Å²) in [6, 6.07) is 9.56. The Morgan fingerprint density at radius 1 is 1.25 bits per heavy atom. The summed E-state index contributed by atoms with van der Waals surface area (Å²) < 4.78 is 11.2. The highest BCUT2D eigenvalue weighted by molar-refractivity contribution is 5.85. The average Bonchev–Trinajstić information content (AvgIpc) is 2.46. The van der Waals surface area contributed by atoms with Gasteiger partial charge in [-0.3, -0.25) is 4.98 Å². The minimum Gasteiger partial charge on any atom is -0.493 e. The summed E-state index contributed by atoms with van der Waals surface area (Å²) in [6.07, 6.45) is 0.786. The predicted octanol–water partition coefficient (Wildman–Crippen LogP) is 2.92. The van der Waals surface area contributed by atoms with Gasteiger partial charge in [0, 0.05) is 25.0 Å². The maximum absolute atomic E-state index is 9.28. The predicted molar refractivity (Wildman–Crippen MR) is 78.9 cm³/mol. The Bertz CT molecular complexity index is 581. The van der Waals surface area contributed by atoms with Gasteiger partial charge in [0.2, 0.25) is 0 Å². The van der Waals surface area contributed by atoms with Crippen LogP contribution < -0.4 is 4.74 Å². The second-order valence-electron chi connectivity index (χ2n) is 5.35. The molecule has 0 aliphatic rings. The van der Waals surface area contributed by atoms with Crippen LogP contribution in [0, 0.1) is 0 Å². The van der Waals surface area contributed by atoms with E-state index in [1.165, 1.54) is 0 Å². The number of fused-ring (bicyclic) bond motifs is 1. The molecule has 2 aromatic rings. The van der Waals surface area contributed by atoms with Gasteiger partial charge in [-0.2, -0.15) is 0 Å².